The summed E-state index contributed by atoms with van der Waals surface area (Å²) in [6.45, 7) is 6.49. The minimum Gasteiger partial charge on any atom is -0.549 e. The van der Waals surface area contributed by atoms with Crippen LogP contribution in [0.25, 0.3) is 0 Å². The summed E-state index contributed by atoms with van der Waals surface area (Å²) in [7, 11) is 0. The van der Waals surface area contributed by atoms with Crippen molar-refractivity contribution in [2.75, 3.05) is 98.2 Å². The van der Waals surface area contributed by atoms with Gasteiger partial charge in [-0.3, -0.25) is 24.5 Å². The van der Waals surface area contributed by atoms with Crippen molar-refractivity contribution in [3.8, 4) is 0 Å². The van der Waals surface area contributed by atoms with Gasteiger partial charge in [-0.25, -0.2) is 0 Å². The molecule has 0 unspecified atom stereocenters. The van der Waals surface area contributed by atoms with E-state index in [1.54, 1.807) is 0 Å². The van der Waals surface area contributed by atoms with E-state index < -0.39 is 17.9 Å². The zero-order valence-corrected chi connectivity index (χ0v) is 19.4. The van der Waals surface area contributed by atoms with Crippen molar-refractivity contribution in [2.45, 2.75) is 0 Å². The molecule has 3 rings (SSSR count). The number of carboxylic acids is 3. The van der Waals surface area contributed by atoms with Gasteiger partial charge in [0.15, 0.2) is 0 Å². The molecule has 2 bridgehead atoms. The van der Waals surface area contributed by atoms with Gasteiger partial charge in [-0.1, -0.05) is 0 Å². The molecular formula is C18H30GdN5O6. The van der Waals surface area contributed by atoms with Crippen LogP contribution in [0.5, 0.6) is 0 Å². The summed E-state index contributed by atoms with van der Waals surface area (Å²) in [6, 6.07) is 0. The fourth-order valence-corrected chi connectivity index (χ4v) is 3.73. The fourth-order valence-electron chi connectivity index (χ4n) is 3.73. The Morgan fingerprint density at radius 1 is 0.467 bits per heavy atom. The molecule has 0 spiro atoms. The van der Waals surface area contributed by atoms with Crippen LogP contribution in [-0.4, -0.2) is 141 Å². The normalized spacial score (nSPS) is 25.6. The van der Waals surface area contributed by atoms with E-state index in [2.05, 4.69) is 9.80 Å². The average Bonchev–Trinajstić information content (AvgIpc) is 2.61. The van der Waals surface area contributed by atoms with Crippen LogP contribution >= 0.6 is 0 Å². The first-order valence-electron chi connectivity index (χ1n) is 10.0. The summed E-state index contributed by atoms with van der Waals surface area (Å²) in [4.78, 5) is 43.1. The van der Waals surface area contributed by atoms with Gasteiger partial charge in [0.25, 0.3) is 0 Å². The van der Waals surface area contributed by atoms with Crippen LogP contribution in [-0.2, 0) is 14.4 Å². The van der Waals surface area contributed by atoms with Crippen molar-refractivity contribution < 1.29 is 69.6 Å². The Bertz CT molecular complexity index is 469. The Labute approximate surface area is 209 Å². The topological polar surface area (TPSA) is 137 Å². The number of carboxylic acid groups (broad SMARTS) is 3. The van der Waals surface area contributed by atoms with Gasteiger partial charge in [0.2, 0.25) is 0 Å². The molecular weight excluding hydrogens is 539 g/mol. The van der Waals surface area contributed by atoms with Gasteiger partial charge in [0, 0.05) is 98.2 Å². The predicted octanol–water partition coefficient (Wildman–Crippen LogP) is -6.23. The van der Waals surface area contributed by atoms with Crippen LogP contribution in [0.2, 0.25) is 0 Å². The van der Waals surface area contributed by atoms with E-state index in [0.29, 0.717) is 78.5 Å². The number of hydrogen-bond donors (Lipinski definition) is 0. The quantitative estimate of drug-likeness (QED) is 0.302. The minimum atomic E-state index is -1.11. The maximum atomic E-state index is 11.1. The summed E-state index contributed by atoms with van der Waals surface area (Å²) in [5.41, 5.74) is 0. The van der Waals surface area contributed by atoms with E-state index >= 15 is 0 Å². The fraction of sp³-hybridized carbons (Fsp3) is 0.833. The Kier molecular flexibility index (Phi) is 13.4. The molecule has 0 saturated carbocycles. The van der Waals surface area contributed by atoms with Crippen molar-refractivity contribution in [3.05, 3.63) is 0 Å². The Morgan fingerprint density at radius 2 is 0.667 bits per heavy atom. The maximum absolute atomic E-state index is 11.1. The average molecular weight is 570 g/mol. The second-order valence-electron chi connectivity index (χ2n) is 7.63. The Balaban J connectivity index is 0.00000450. The van der Waals surface area contributed by atoms with Crippen LogP contribution in [0.1, 0.15) is 0 Å². The molecule has 0 aromatic rings. The Hall–Kier alpha value is -0.465. The number of fused-ring (bicyclic) bond motifs is 12. The molecule has 3 fully saturated rings. The van der Waals surface area contributed by atoms with E-state index in [-0.39, 0.29) is 59.6 Å². The molecule has 3 saturated heterocycles. The molecule has 0 aromatic carbocycles. The first-order valence-corrected chi connectivity index (χ1v) is 10.0. The van der Waals surface area contributed by atoms with E-state index in [1.165, 1.54) is 0 Å². The first-order chi connectivity index (χ1) is 13.8. The smallest absolute Gasteiger partial charge is 0.549 e. The number of hydrogen-bond acceptors (Lipinski definition) is 11. The molecule has 0 N–H and O–H groups in total. The van der Waals surface area contributed by atoms with Crippen LogP contribution in [0.3, 0.4) is 0 Å². The SMILES string of the molecule is O=C([O-])CN1CCN2CCN(CC(=O)[O-])CCN(CC1)CCN(CC(=O)[O-])CC2.[Gd+3]. The number of nitrogens with zero attached hydrogens (tertiary/aromatic N) is 5. The summed E-state index contributed by atoms with van der Waals surface area (Å²) in [6.07, 6.45) is 0. The molecule has 3 aliphatic heterocycles. The zero-order valence-electron chi connectivity index (χ0n) is 17.1. The van der Waals surface area contributed by atoms with Gasteiger partial charge in [-0.15, -0.1) is 0 Å². The first kappa shape index (κ1) is 27.6. The summed E-state index contributed by atoms with van der Waals surface area (Å²) in [5.74, 6) is -3.33. The molecule has 0 aliphatic carbocycles. The molecule has 0 amide bonds. The summed E-state index contributed by atoms with van der Waals surface area (Å²) in [5, 5.41) is 33.3. The van der Waals surface area contributed by atoms with Gasteiger partial charge in [0.05, 0.1) is 17.9 Å². The number of carbonyl (C=O) groups excluding carboxylic acids is 3. The molecule has 11 nitrogen and oxygen atoms in total. The van der Waals surface area contributed by atoms with Crippen molar-refractivity contribution in [2.24, 2.45) is 0 Å². The molecule has 3 heterocycles. The number of rotatable bonds is 6. The Morgan fingerprint density at radius 3 is 0.833 bits per heavy atom. The van der Waals surface area contributed by atoms with E-state index in [4.69, 9.17) is 0 Å². The third-order valence-electron chi connectivity index (χ3n) is 5.45. The minimum absolute atomic E-state index is 0. The third kappa shape index (κ3) is 11.2. The summed E-state index contributed by atoms with van der Waals surface area (Å²) < 4.78 is 0. The van der Waals surface area contributed by atoms with Crippen molar-refractivity contribution >= 4 is 17.9 Å². The second kappa shape index (κ2) is 14.6. The number of carbonyl (C=O) groups is 3. The van der Waals surface area contributed by atoms with Crippen LogP contribution in [0, 0.1) is 39.9 Å². The maximum Gasteiger partial charge on any atom is 3.00 e. The van der Waals surface area contributed by atoms with Gasteiger partial charge in [-0.05, 0) is 0 Å². The van der Waals surface area contributed by atoms with Crippen LogP contribution in [0.4, 0.5) is 0 Å². The molecule has 0 aromatic heterocycles. The summed E-state index contributed by atoms with van der Waals surface area (Å²) >= 11 is 0. The van der Waals surface area contributed by atoms with Crippen LogP contribution in [0.15, 0.2) is 0 Å². The molecule has 171 valence electrons. The van der Waals surface area contributed by atoms with Crippen LogP contribution < -0.4 is 15.3 Å². The monoisotopic (exact) mass is 570 g/mol. The molecule has 3 aliphatic rings. The van der Waals surface area contributed by atoms with Gasteiger partial charge >= 0.3 is 39.9 Å². The van der Waals surface area contributed by atoms with Gasteiger partial charge in [-0.2, -0.15) is 0 Å². The van der Waals surface area contributed by atoms with Crippen molar-refractivity contribution in [1.82, 2.24) is 24.5 Å². The standard InChI is InChI=1S/C18H33N5O6.Gd/c24-16(25)13-21-7-1-19-2-8-22(14-17(26)27)11-5-20(4-10-21)6-12-23(9-3-19)15-18(28)29;/h1-15H2,(H,24,25)(H,26,27)(H,28,29);/q;+3/p-3. The zero-order chi connectivity index (χ0) is 21.2. The molecule has 30 heavy (non-hydrogen) atoms. The van der Waals surface area contributed by atoms with Gasteiger partial charge < -0.3 is 29.7 Å². The number of aliphatic carboxylic acids is 3. The largest absolute Gasteiger partial charge is 3.00 e. The van der Waals surface area contributed by atoms with Crippen molar-refractivity contribution in [3.63, 3.8) is 0 Å². The second-order valence-corrected chi connectivity index (χ2v) is 7.63. The van der Waals surface area contributed by atoms with Gasteiger partial charge in [0.1, 0.15) is 0 Å². The molecule has 12 heteroatoms. The van der Waals surface area contributed by atoms with Crippen molar-refractivity contribution in [1.29, 1.82) is 0 Å². The van der Waals surface area contributed by atoms with E-state index in [1.807, 2.05) is 14.7 Å². The van der Waals surface area contributed by atoms with E-state index in [9.17, 15) is 29.7 Å². The molecule has 1 radical (unpaired) electrons. The van der Waals surface area contributed by atoms with E-state index in [0.717, 1.165) is 0 Å². The third-order valence-corrected chi connectivity index (χ3v) is 5.45. The predicted molar refractivity (Wildman–Crippen MR) is 97.2 cm³/mol. The molecule has 0 atom stereocenters.